The van der Waals surface area contributed by atoms with Gasteiger partial charge < -0.3 is 14.8 Å². The minimum absolute atomic E-state index is 0.0138. The van der Waals surface area contributed by atoms with Gasteiger partial charge in [-0.3, -0.25) is 14.9 Å². The first-order valence-electron chi connectivity index (χ1n) is 11.4. The summed E-state index contributed by atoms with van der Waals surface area (Å²) >= 11 is 0. The van der Waals surface area contributed by atoms with Crippen LogP contribution in [-0.2, 0) is 20.9 Å². The molecule has 2 aliphatic rings. The van der Waals surface area contributed by atoms with Crippen LogP contribution < -0.4 is 10.1 Å². The van der Waals surface area contributed by atoms with Gasteiger partial charge in [0.05, 0.1) is 17.6 Å². The lowest BCUT2D eigenvalue weighted by Crippen LogP contribution is -2.38. The molecule has 0 spiro atoms. The molecule has 0 aromatic heterocycles. The van der Waals surface area contributed by atoms with Gasteiger partial charge >= 0.3 is 5.97 Å². The fraction of sp³-hybridized carbons (Fsp3) is 0.333. The van der Waals surface area contributed by atoms with Crippen LogP contribution in [0.3, 0.4) is 0 Å². The molecule has 1 unspecified atom stereocenters. The predicted molar refractivity (Wildman–Crippen MR) is 130 cm³/mol. The summed E-state index contributed by atoms with van der Waals surface area (Å²) in [5.74, 6) is -0.474. The van der Waals surface area contributed by atoms with Gasteiger partial charge in [-0.1, -0.05) is 26.0 Å². The maximum atomic E-state index is 13.3. The molecule has 1 heterocycles. The van der Waals surface area contributed by atoms with Crippen molar-refractivity contribution in [2.45, 2.75) is 46.1 Å². The summed E-state index contributed by atoms with van der Waals surface area (Å²) in [4.78, 5) is 36.5. The molecule has 1 aliphatic heterocycles. The molecule has 1 aliphatic carbocycles. The lowest BCUT2D eigenvalue weighted by molar-refractivity contribution is -0.384. The number of nitro groups is 1. The Morgan fingerprint density at radius 2 is 1.89 bits per heavy atom. The van der Waals surface area contributed by atoms with E-state index in [0.29, 0.717) is 35.4 Å². The highest BCUT2D eigenvalue weighted by Crippen LogP contribution is 2.47. The lowest BCUT2D eigenvalue weighted by Gasteiger charge is -2.39. The van der Waals surface area contributed by atoms with Crippen LogP contribution in [0.2, 0.25) is 0 Å². The molecule has 35 heavy (non-hydrogen) atoms. The smallest absolute Gasteiger partial charge is 0.336 e. The summed E-state index contributed by atoms with van der Waals surface area (Å²) in [6.45, 7) is 6.16. The first-order chi connectivity index (χ1) is 16.6. The molecular weight excluding hydrogens is 448 g/mol. The summed E-state index contributed by atoms with van der Waals surface area (Å²) in [6, 6.07) is 13.5. The molecule has 182 valence electrons. The van der Waals surface area contributed by atoms with Gasteiger partial charge in [0.2, 0.25) is 0 Å². The molecule has 0 saturated carbocycles. The number of non-ortho nitro benzene ring substituents is 1. The largest absolute Gasteiger partial charge is 0.489 e. The number of ketones is 1. The average Bonchev–Trinajstić information content (AvgIpc) is 2.81. The van der Waals surface area contributed by atoms with Crippen molar-refractivity contribution in [3.63, 3.8) is 0 Å². The predicted octanol–water partition coefficient (Wildman–Crippen LogP) is 4.95. The van der Waals surface area contributed by atoms with E-state index < -0.39 is 16.8 Å². The number of nitrogens with zero attached hydrogens (tertiary/aromatic N) is 1. The van der Waals surface area contributed by atoms with Crippen molar-refractivity contribution in [3.8, 4) is 5.75 Å². The van der Waals surface area contributed by atoms with Crippen molar-refractivity contribution in [2.24, 2.45) is 5.41 Å². The molecule has 8 nitrogen and oxygen atoms in total. The van der Waals surface area contributed by atoms with E-state index in [-0.39, 0.29) is 23.5 Å². The van der Waals surface area contributed by atoms with Crippen molar-refractivity contribution < 1.29 is 24.0 Å². The second-order valence-electron chi connectivity index (χ2n) is 9.71. The SMILES string of the molecule is COC(=O)C1=C(C)NC2=C(C(=O)CC(C)(C)C2)C1c1cccc(OCc2ccc([N+](=O)[O-])cc2)c1. The zero-order valence-corrected chi connectivity index (χ0v) is 20.2. The van der Waals surface area contributed by atoms with Gasteiger partial charge in [0, 0.05) is 41.4 Å². The van der Waals surface area contributed by atoms with Crippen LogP contribution in [0.15, 0.2) is 71.1 Å². The zero-order chi connectivity index (χ0) is 25.3. The topological polar surface area (TPSA) is 108 Å². The maximum absolute atomic E-state index is 13.3. The van der Waals surface area contributed by atoms with Gasteiger partial charge in [-0.15, -0.1) is 0 Å². The fourth-order valence-electron chi connectivity index (χ4n) is 4.81. The molecule has 0 fully saturated rings. The summed E-state index contributed by atoms with van der Waals surface area (Å²) in [6.07, 6.45) is 1.10. The number of methoxy groups -OCH3 is 1. The van der Waals surface area contributed by atoms with E-state index in [4.69, 9.17) is 9.47 Å². The summed E-state index contributed by atoms with van der Waals surface area (Å²) < 4.78 is 11.0. The van der Waals surface area contributed by atoms with Gasteiger partial charge in [0.15, 0.2) is 5.78 Å². The Morgan fingerprint density at radius 3 is 2.54 bits per heavy atom. The number of esters is 1. The number of nitro benzene ring substituents is 1. The summed E-state index contributed by atoms with van der Waals surface area (Å²) in [7, 11) is 1.33. The van der Waals surface area contributed by atoms with E-state index in [9.17, 15) is 19.7 Å². The first kappa shape index (κ1) is 24.2. The summed E-state index contributed by atoms with van der Waals surface area (Å²) in [5, 5.41) is 14.2. The Kier molecular flexibility index (Phi) is 6.47. The van der Waals surface area contributed by atoms with Crippen LogP contribution in [0.1, 0.15) is 50.7 Å². The third kappa shape index (κ3) is 4.96. The van der Waals surface area contributed by atoms with Gasteiger partial charge in [0.25, 0.3) is 5.69 Å². The third-order valence-electron chi connectivity index (χ3n) is 6.39. The molecule has 2 aromatic carbocycles. The standard InChI is InChI=1S/C27H28N2O6/c1-16-23(26(31)34-4)24(25-21(28-16)13-27(2,3)14-22(25)30)18-6-5-7-20(12-18)35-15-17-8-10-19(11-9-17)29(32)33/h5-12,24,28H,13-15H2,1-4H3. The minimum Gasteiger partial charge on any atom is -0.489 e. The third-order valence-corrected chi connectivity index (χ3v) is 6.39. The molecule has 1 atom stereocenters. The Bertz CT molecular complexity index is 1260. The first-order valence-corrected chi connectivity index (χ1v) is 11.4. The van der Waals surface area contributed by atoms with Crippen molar-refractivity contribution in [2.75, 3.05) is 7.11 Å². The number of allylic oxidation sites excluding steroid dienone is 3. The van der Waals surface area contributed by atoms with E-state index >= 15 is 0 Å². The number of benzene rings is 2. The van der Waals surface area contributed by atoms with Crippen LogP contribution in [0, 0.1) is 15.5 Å². The molecule has 0 amide bonds. The second-order valence-corrected chi connectivity index (χ2v) is 9.71. The number of rotatable bonds is 6. The number of hydrogen-bond acceptors (Lipinski definition) is 7. The number of dihydropyridines is 1. The molecule has 1 N–H and O–H groups in total. The quantitative estimate of drug-likeness (QED) is 0.357. The van der Waals surface area contributed by atoms with Crippen LogP contribution in [-0.4, -0.2) is 23.8 Å². The Hall–Kier alpha value is -3.94. The number of carbonyl (C=O) groups is 2. The van der Waals surface area contributed by atoms with E-state index in [0.717, 1.165) is 16.8 Å². The van der Waals surface area contributed by atoms with E-state index in [1.165, 1.54) is 19.2 Å². The van der Waals surface area contributed by atoms with Crippen LogP contribution >= 0.6 is 0 Å². The molecule has 8 heteroatoms. The van der Waals surface area contributed by atoms with Gasteiger partial charge in [-0.05, 0) is 54.2 Å². The molecule has 0 saturated heterocycles. The van der Waals surface area contributed by atoms with Gasteiger partial charge in [-0.2, -0.15) is 0 Å². The fourth-order valence-corrected chi connectivity index (χ4v) is 4.81. The van der Waals surface area contributed by atoms with E-state index in [2.05, 4.69) is 19.2 Å². The highest BCUT2D eigenvalue weighted by atomic mass is 16.6. The van der Waals surface area contributed by atoms with Crippen LogP contribution in [0.25, 0.3) is 0 Å². The Labute approximate surface area is 203 Å². The lowest BCUT2D eigenvalue weighted by atomic mass is 9.68. The Morgan fingerprint density at radius 1 is 1.17 bits per heavy atom. The number of ether oxygens (including phenoxy) is 2. The van der Waals surface area contributed by atoms with Crippen LogP contribution in [0.5, 0.6) is 5.75 Å². The number of carbonyl (C=O) groups excluding carboxylic acids is 2. The number of nitrogens with one attached hydrogen (secondary N) is 1. The van der Waals surface area contributed by atoms with Gasteiger partial charge in [0.1, 0.15) is 12.4 Å². The van der Waals surface area contributed by atoms with E-state index in [1.807, 2.05) is 25.1 Å². The molecule has 0 bridgehead atoms. The van der Waals surface area contributed by atoms with Crippen molar-refractivity contribution in [1.29, 1.82) is 0 Å². The van der Waals surface area contributed by atoms with E-state index in [1.54, 1.807) is 18.2 Å². The Balaban J connectivity index is 1.67. The number of hydrogen-bond donors (Lipinski definition) is 1. The average molecular weight is 477 g/mol. The van der Waals surface area contributed by atoms with Crippen molar-refractivity contribution in [3.05, 3.63) is 92.3 Å². The monoisotopic (exact) mass is 476 g/mol. The molecular formula is C27H28N2O6. The molecule has 0 radical (unpaired) electrons. The number of Topliss-reactive ketones (excluding diaryl/α,β-unsaturated/α-hetero) is 1. The maximum Gasteiger partial charge on any atom is 0.336 e. The minimum atomic E-state index is -0.565. The van der Waals surface area contributed by atoms with Gasteiger partial charge in [-0.25, -0.2) is 4.79 Å². The second kappa shape index (κ2) is 9.37. The molecule has 4 rings (SSSR count). The van der Waals surface area contributed by atoms with Crippen molar-refractivity contribution in [1.82, 2.24) is 5.32 Å². The normalized spacial score (nSPS) is 19.1. The zero-order valence-electron chi connectivity index (χ0n) is 20.2. The highest BCUT2D eigenvalue weighted by molar-refractivity contribution is 6.04. The summed E-state index contributed by atoms with van der Waals surface area (Å²) in [5.41, 5.74) is 3.91. The highest BCUT2D eigenvalue weighted by Gasteiger charge is 2.43. The molecule has 2 aromatic rings. The van der Waals surface area contributed by atoms with Crippen molar-refractivity contribution >= 4 is 17.4 Å². The van der Waals surface area contributed by atoms with Crippen LogP contribution in [0.4, 0.5) is 5.69 Å².